The van der Waals surface area contributed by atoms with E-state index in [4.69, 9.17) is 0 Å². The zero-order valence-corrected chi connectivity index (χ0v) is 9.83. The predicted octanol–water partition coefficient (Wildman–Crippen LogP) is -1.62. The molecule has 0 saturated carbocycles. The fourth-order valence-corrected chi connectivity index (χ4v) is 0. The Bertz CT molecular complexity index is 4.14. The molecule has 0 spiro atoms. The Hall–Kier alpha value is 2.84. The maximum absolute atomic E-state index is 0. The Kier molecular flexibility index (Phi) is 917. The summed E-state index contributed by atoms with van der Waals surface area (Å²) in [6.45, 7) is 0. The molecule has 0 N–H and O–H groups in total. The van der Waals surface area contributed by atoms with Gasteiger partial charge in [-0.25, -0.2) is 0 Å². The van der Waals surface area contributed by atoms with Crippen molar-refractivity contribution in [3.63, 3.8) is 0 Å². The fourth-order valence-electron chi connectivity index (χ4n) is 0. The average molecular weight is 306 g/mol. The SMILES string of the molecule is [Ag].[SH-].[SH-].[SH-].[SH-].[SH-].[SH-]. The van der Waals surface area contributed by atoms with Crippen LogP contribution in [0.1, 0.15) is 0 Å². The third kappa shape index (κ3) is 51.3. The Balaban J connectivity index is 0. The van der Waals surface area contributed by atoms with Crippen molar-refractivity contribution in [3.05, 3.63) is 0 Å². The first-order valence-corrected chi connectivity index (χ1v) is 0. The normalized spacial score (nSPS) is 0. The maximum Gasteiger partial charge on any atom is 0 e. The molecule has 0 aromatic heterocycles. The topological polar surface area (TPSA) is 0 Å². The van der Waals surface area contributed by atoms with Gasteiger partial charge in [-0.1, -0.05) is 0 Å². The summed E-state index contributed by atoms with van der Waals surface area (Å²) < 4.78 is 0. The third-order valence-corrected chi connectivity index (χ3v) is 0. The van der Waals surface area contributed by atoms with Gasteiger partial charge in [-0.2, -0.15) is 0 Å². The van der Waals surface area contributed by atoms with E-state index in [1.54, 1.807) is 0 Å². The molecule has 0 rings (SSSR count). The summed E-state index contributed by atoms with van der Waals surface area (Å²) in [5.41, 5.74) is 0. The first-order chi connectivity index (χ1) is 0. The van der Waals surface area contributed by atoms with Crippen LogP contribution in [0.3, 0.4) is 0 Å². The molecule has 0 saturated heterocycles. The van der Waals surface area contributed by atoms with Gasteiger partial charge in [0.25, 0.3) is 0 Å². The van der Waals surface area contributed by atoms with Crippen LogP contribution in [-0.4, -0.2) is 0 Å². The average Bonchev–Trinajstić information content (AvgIpc) is 0. The minimum Gasteiger partial charge on any atom is -0.813 e. The van der Waals surface area contributed by atoms with Crippen LogP contribution >= 0.6 is 0 Å². The van der Waals surface area contributed by atoms with Gasteiger partial charge in [-0.3, -0.25) is 0 Å². The Morgan fingerprint density at radius 3 is 0.286 bits per heavy atom. The summed E-state index contributed by atoms with van der Waals surface area (Å²) in [5, 5.41) is 0. The molecule has 0 aliphatic carbocycles. The first-order valence-electron chi connectivity index (χ1n) is 0. The Labute approximate surface area is 102 Å². The molecular formula is H6AgS6-6. The monoisotopic (exact) mass is 305 g/mol. The van der Waals surface area contributed by atoms with Gasteiger partial charge in [0.05, 0.1) is 0 Å². The zero-order valence-electron chi connectivity index (χ0n) is 2.98. The standard InChI is InChI=1S/Ag.6H2S/h;6*1H2/p-6. The van der Waals surface area contributed by atoms with Crippen molar-refractivity contribution in [1.82, 2.24) is 0 Å². The van der Waals surface area contributed by atoms with Crippen LogP contribution < -0.4 is 0 Å². The second-order valence-corrected chi connectivity index (χ2v) is 0. The third-order valence-electron chi connectivity index (χ3n) is 0. The molecule has 0 aliphatic rings. The number of hydrogen-bond donors (Lipinski definition) is 0. The van der Waals surface area contributed by atoms with Gasteiger partial charge in [0.1, 0.15) is 0 Å². The molecule has 0 amide bonds. The molecule has 0 aliphatic heterocycles. The Morgan fingerprint density at radius 1 is 0.286 bits per heavy atom. The molecule has 0 unspecified atom stereocenters. The number of thiol groups is 6. The van der Waals surface area contributed by atoms with Crippen molar-refractivity contribution < 1.29 is 22.4 Å². The van der Waals surface area contributed by atoms with Gasteiger partial charge in [-0.05, 0) is 0 Å². The van der Waals surface area contributed by atoms with Gasteiger partial charge in [0, 0.05) is 22.4 Å². The zero-order chi connectivity index (χ0) is 0. The van der Waals surface area contributed by atoms with E-state index in [1.807, 2.05) is 0 Å². The molecular weight excluding hydrogens is 300 g/mol. The quantitative estimate of drug-likeness (QED) is 0.297. The molecule has 0 aromatic rings. The minimum absolute atomic E-state index is 0. The Morgan fingerprint density at radius 2 is 0.286 bits per heavy atom. The summed E-state index contributed by atoms with van der Waals surface area (Å²) >= 11 is 0. The van der Waals surface area contributed by atoms with E-state index < -0.39 is 0 Å². The predicted molar refractivity (Wildman–Crippen MR) is 52.6 cm³/mol. The fraction of sp³-hybridized carbons (Fsp3) is 0. The summed E-state index contributed by atoms with van der Waals surface area (Å²) in [6, 6.07) is 0. The van der Waals surface area contributed by atoms with Gasteiger partial charge in [0.2, 0.25) is 0 Å². The molecule has 0 nitrogen and oxygen atoms in total. The van der Waals surface area contributed by atoms with E-state index in [-0.39, 0.29) is 103 Å². The second-order valence-electron chi connectivity index (χ2n) is 0. The molecule has 0 fully saturated rings. The van der Waals surface area contributed by atoms with E-state index in [9.17, 15) is 0 Å². The molecule has 0 aromatic carbocycles. The van der Waals surface area contributed by atoms with Crippen molar-refractivity contribution in [2.75, 3.05) is 0 Å². The van der Waals surface area contributed by atoms with Gasteiger partial charge < -0.3 is 81.0 Å². The van der Waals surface area contributed by atoms with E-state index in [0.717, 1.165) is 0 Å². The van der Waals surface area contributed by atoms with Gasteiger partial charge in [-0.15, -0.1) is 0 Å². The molecule has 0 atom stereocenters. The summed E-state index contributed by atoms with van der Waals surface area (Å²) in [6.07, 6.45) is 0. The smallest absolute Gasteiger partial charge is 0 e. The van der Waals surface area contributed by atoms with Crippen LogP contribution in [0.5, 0.6) is 0 Å². The molecule has 0 heterocycles. The van der Waals surface area contributed by atoms with Crippen LogP contribution in [0.15, 0.2) is 0 Å². The van der Waals surface area contributed by atoms with Crippen molar-refractivity contribution in [2.24, 2.45) is 0 Å². The number of hydrogen-bond acceptors (Lipinski definition) is 6. The van der Waals surface area contributed by atoms with E-state index in [0.29, 0.717) is 0 Å². The van der Waals surface area contributed by atoms with E-state index >= 15 is 0 Å². The van der Waals surface area contributed by atoms with E-state index in [1.165, 1.54) is 0 Å². The first kappa shape index (κ1) is 95.3. The maximum atomic E-state index is 0. The summed E-state index contributed by atoms with van der Waals surface area (Å²) in [4.78, 5) is 0. The van der Waals surface area contributed by atoms with Crippen molar-refractivity contribution in [2.45, 2.75) is 0 Å². The van der Waals surface area contributed by atoms with E-state index in [2.05, 4.69) is 0 Å². The molecule has 7 heavy (non-hydrogen) atoms. The van der Waals surface area contributed by atoms with Crippen molar-refractivity contribution in [1.29, 1.82) is 0 Å². The minimum atomic E-state index is 0. The van der Waals surface area contributed by atoms with Crippen molar-refractivity contribution in [3.8, 4) is 0 Å². The molecule has 0 bridgehead atoms. The van der Waals surface area contributed by atoms with Crippen LogP contribution in [0.25, 0.3) is 0 Å². The van der Waals surface area contributed by atoms with Crippen molar-refractivity contribution >= 4 is 81.0 Å². The largest absolute Gasteiger partial charge is 0.813 e. The van der Waals surface area contributed by atoms with Crippen LogP contribution in [0, 0.1) is 0 Å². The van der Waals surface area contributed by atoms with Crippen LogP contribution in [0.4, 0.5) is 0 Å². The summed E-state index contributed by atoms with van der Waals surface area (Å²) in [7, 11) is 0. The van der Waals surface area contributed by atoms with Gasteiger partial charge >= 0.3 is 0 Å². The number of rotatable bonds is 0. The second kappa shape index (κ2) is 67.4. The molecule has 7 heteroatoms. The molecule has 59 valence electrons. The van der Waals surface area contributed by atoms with Gasteiger partial charge in [0.15, 0.2) is 0 Å². The summed E-state index contributed by atoms with van der Waals surface area (Å²) in [5.74, 6) is 0. The van der Waals surface area contributed by atoms with Crippen LogP contribution in [-0.2, 0) is 103 Å². The van der Waals surface area contributed by atoms with Crippen LogP contribution in [0.2, 0.25) is 0 Å². The molecule has 1 radical (unpaired) electrons.